The summed E-state index contributed by atoms with van der Waals surface area (Å²) in [6, 6.07) is 3.19. The van der Waals surface area contributed by atoms with Crippen molar-refractivity contribution in [1.29, 1.82) is 0 Å². The lowest BCUT2D eigenvalue weighted by atomic mass is 10.1. The average Bonchev–Trinajstić information content (AvgIpc) is 2.78. The zero-order valence-corrected chi connectivity index (χ0v) is 10.4. The molecule has 1 aliphatic heterocycles. The Labute approximate surface area is 109 Å². The molecule has 0 spiro atoms. The molecule has 0 aliphatic carbocycles. The highest BCUT2D eigenvalue weighted by Crippen LogP contribution is 2.18. The lowest BCUT2D eigenvalue weighted by molar-refractivity contribution is -0.152. The summed E-state index contributed by atoms with van der Waals surface area (Å²) < 4.78 is 31.1. The maximum absolute atomic E-state index is 13.5. The normalized spacial score (nSPS) is 18.3. The first-order valence-corrected chi connectivity index (χ1v) is 5.86. The summed E-state index contributed by atoms with van der Waals surface area (Å²) in [6.45, 7) is -0.000995. The zero-order valence-electron chi connectivity index (χ0n) is 10.4. The molecule has 0 aromatic heterocycles. The van der Waals surface area contributed by atoms with E-state index >= 15 is 0 Å². The van der Waals surface area contributed by atoms with Crippen LogP contribution in [0.4, 0.5) is 8.78 Å². The monoisotopic (exact) mass is 269 g/mol. The van der Waals surface area contributed by atoms with Crippen molar-refractivity contribution in [3.8, 4) is 0 Å². The van der Waals surface area contributed by atoms with E-state index < -0.39 is 23.7 Å². The first kappa shape index (κ1) is 13.5. The van der Waals surface area contributed by atoms with E-state index in [0.29, 0.717) is 6.42 Å². The number of amides is 1. The number of nitrogens with zero attached hydrogens (tertiary/aromatic N) is 1. The molecule has 0 radical (unpaired) electrons. The van der Waals surface area contributed by atoms with Gasteiger partial charge in [0.1, 0.15) is 11.6 Å². The van der Waals surface area contributed by atoms with Crippen molar-refractivity contribution >= 4 is 11.9 Å². The Morgan fingerprint density at radius 1 is 1.47 bits per heavy atom. The Bertz CT molecular complexity index is 519. The molecule has 1 aliphatic rings. The molecule has 1 amide bonds. The van der Waals surface area contributed by atoms with Crippen LogP contribution in [0, 0.1) is 11.6 Å². The van der Waals surface area contributed by atoms with Crippen LogP contribution in [-0.4, -0.2) is 29.9 Å². The van der Waals surface area contributed by atoms with Crippen LogP contribution in [0.5, 0.6) is 0 Å². The van der Waals surface area contributed by atoms with Gasteiger partial charge in [0.25, 0.3) is 5.91 Å². The van der Waals surface area contributed by atoms with Gasteiger partial charge in [-0.1, -0.05) is 6.07 Å². The van der Waals surface area contributed by atoms with Crippen LogP contribution in [0.15, 0.2) is 18.2 Å². The van der Waals surface area contributed by atoms with E-state index in [2.05, 4.69) is 0 Å². The van der Waals surface area contributed by atoms with Crippen molar-refractivity contribution in [1.82, 2.24) is 4.90 Å². The molecule has 0 bridgehead atoms. The maximum atomic E-state index is 13.5. The van der Waals surface area contributed by atoms with Crippen LogP contribution in [-0.2, 0) is 20.9 Å². The van der Waals surface area contributed by atoms with Crippen LogP contribution in [0.25, 0.3) is 0 Å². The van der Waals surface area contributed by atoms with E-state index in [-0.39, 0.29) is 24.4 Å². The number of likely N-dealkylation sites (N-methyl/N-ethyl adjacent to an activating group) is 1. The Kier molecular flexibility index (Phi) is 3.78. The molecule has 2 rings (SSSR count). The maximum Gasteiger partial charge on any atom is 0.306 e. The van der Waals surface area contributed by atoms with E-state index in [4.69, 9.17) is 4.74 Å². The van der Waals surface area contributed by atoms with Gasteiger partial charge >= 0.3 is 5.97 Å². The number of ether oxygens (including phenoxy) is 1. The molecule has 1 aromatic rings. The van der Waals surface area contributed by atoms with Crippen molar-refractivity contribution in [2.45, 2.75) is 25.5 Å². The SMILES string of the molecule is CN(Cc1ccc(F)cc1F)C(=O)[C@H]1CCC(=O)O1. The van der Waals surface area contributed by atoms with Gasteiger partial charge in [0.05, 0.1) is 0 Å². The summed E-state index contributed by atoms with van der Waals surface area (Å²) in [5, 5.41) is 0. The third kappa shape index (κ3) is 3.07. The van der Waals surface area contributed by atoms with Gasteiger partial charge < -0.3 is 9.64 Å². The molecule has 6 heteroatoms. The van der Waals surface area contributed by atoms with Gasteiger partial charge in [0, 0.05) is 38.1 Å². The largest absolute Gasteiger partial charge is 0.452 e. The third-order valence-electron chi connectivity index (χ3n) is 2.96. The highest BCUT2D eigenvalue weighted by atomic mass is 19.1. The van der Waals surface area contributed by atoms with Crippen LogP contribution in [0.1, 0.15) is 18.4 Å². The standard InChI is InChI=1S/C13H13F2NO3/c1-16(13(18)11-4-5-12(17)19-11)7-8-2-3-9(14)6-10(8)15/h2-3,6,11H,4-5,7H2,1H3/t11-/m1/s1. The van der Waals surface area contributed by atoms with Crippen molar-refractivity contribution in [3.63, 3.8) is 0 Å². The highest BCUT2D eigenvalue weighted by Gasteiger charge is 2.31. The fourth-order valence-corrected chi connectivity index (χ4v) is 1.93. The number of carbonyl (C=O) groups excluding carboxylic acids is 2. The van der Waals surface area contributed by atoms with Crippen molar-refractivity contribution in [3.05, 3.63) is 35.4 Å². The van der Waals surface area contributed by atoms with Gasteiger partial charge in [-0.05, 0) is 6.07 Å². The third-order valence-corrected chi connectivity index (χ3v) is 2.96. The summed E-state index contributed by atoms with van der Waals surface area (Å²) in [7, 11) is 1.48. The second kappa shape index (κ2) is 5.34. The quantitative estimate of drug-likeness (QED) is 0.783. The molecular weight excluding hydrogens is 256 g/mol. The average molecular weight is 269 g/mol. The number of cyclic esters (lactones) is 1. The summed E-state index contributed by atoms with van der Waals surface area (Å²) >= 11 is 0. The van der Waals surface area contributed by atoms with Crippen molar-refractivity contribution < 1.29 is 23.1 Å². The van der Waals surface area contributed by atoms with E-state index in [0.717, 1.165) is 12.1 Å². The molecule has 1 fully saturated rings. The Balaban J connectivity index is 2.02. The van der Waals surface area contributed by atoms with E-state index in [1.54, 1.807) is 0 Å². The number of benzene rings is 1. The van der Waals surface area contributed by atoms with Gasteiger partial charge in [0.2, 0.25) is 0 Å². The molecule has 102 valence electrons. The summed E-state index contributed by atoms with van der Waals surface area (Å²) in [4.78, 5) is 24.1. The second-order valence-corrected chi connectivity index (χ2v) is 4.45. The van der Waals surface area contributed by atoms with Gasteiger partial charge in [0.15, 0.2) is 6.10 Å². The Hall–Kier alpha value is -1.98. The fourth-order valence-electron chi connectivity index (χ4n) is 1.93. The topological polar surface area (TPSA) is 46.6 Å². The first-order chi connectivity index (χ1) is 8.97. The minimum absolute atomic E-state index is 0.000995. The van der Waals surface area contributed by atoms with E-state index in [9.17, 15) is 18.4 Å². The van der Waals surface area contributed by atoms with E-state index in [1.165, 1.54) is 18.0 Å². The molecule has 1 saturated heterocycles. The summed E-state index contributed by atoms with van der Waals surface area (Å²) in [5.74, 6) is -2.16. The van der Waals surface area contributed by atoms with Crippen LogP contribution < -0.4 is 0 Å². The van der Waals surface area contributed by atoms with Crippen molar-refractivity contribution in [2.24, 2.45) is 0 Å². The summed E-state index contributed by atoms with van der Waals surface area (Å²) in [5.41, 5.74) is 0.210. The molecule has 1 heterocycles. The molecule has 0 N–H and O–H groups in total. The number of halogens is 2. The lowest BCUT2D eigenvalue weighted by Gasteiger charge is -2.20. The zero-order chi connectivity index (χ0) is 14.0. The molecule has 19 heavy (non-hydrogen) atoms. The van der Waals surface area contributed by atoms with Crippen molar-refractivity contribution in [2.75, 3.05) is 7.05 Å². The number of carbonyl (C=O) groups is 2. The number of hydrogen-bond acceptors (Lipinski definition) is 3. The number of rotatable bonds is 3. The Morgan fingerprint density at radius 3 is 2.79 bits per heavy atom. The van der Waals surface area contributed by atoms with Gasteiger partial charge in [-0.25, -0.2) is 8.78 Å². The predicted molar refractivity (Wildman–Crippen MR) is 61.9 cm³/mol. The van der Waals surface area contributed by atoms with Crippen LogP contribution >= 0.6 is 0 Å². The van der Waals surface area contributed by atoms with Gasteiger partial charge in [-0.3, -0.25) is 9.59 Å². The highest BCUT2D eigenvalue weighted by molar-refractivity contribution is 5.86. The lowest BCUT2D eigenvalue weighted by Crippen LogP contribution is -2.36. The second-order valence-electron chi connectivity index (χ2n) is 4.45. The van der Waals surface area contributed by atoms with Gasteiger partial charge in [-0.15, -0.1) is 0 Å². The van der Waals surface area contributed by atoms with Crippen LogP contribution in [0.3, 0.4) is 0 Å². The number of esters is 1. The summed E-state index contributed by atoms with van der Waals surface area (Å²) in [6.07, 6.45) is -0.232. The smallest absolute Gasteiger partial charge is 0.306 e. The molecule has 1 atom stereocenters. The molecular formula is C13H13F2NO3. The fraction of sp³-hybridized carbons (Fsp3) is 0.385. The molecule has 0 saturated carbocycles. The minimum Gasteiger partial charge on any atom is -0.452 e. The first-order valence-electron chi connectivity index (χ1n) is 5.86. The van der Waals surface area contributed by atoms with Gasteiger partial charge in [-0.2, -0.15) is 0 Å². The van der Waals surface area contributed by atoms with Crippen LogP contribution in [0.2, 0.25) is 0 Å². The molecule has 0 unspecified atom stereocenters. The molecule has 1 aromatic carbocycles. The van der Waals surface area contributed by atoms with E-state index in [1.807, 2.05) is 0 Å². The Morgan fingerprint density at radius 2 is 2.21 bits per heavy atom. The number of hydrogen-bond donors (Lipinski definition) is 0. The molecule has 4 nitrogen and oxygen atoms in total. The predicted octanol–water partition coefficient (Wildman–Crippen LogP) is 1.63. The minimum atomic E-state index is -0.791.